The number of thiophene rings is 1. The Morgan fingerprint density at radius 2 is 2.09 bits per heavy atom. The van der Waals surface area contributed by atoms with Gasteiger partial charge in [-0.3, -0.25) is 4.79 Å². The summed E-state index contributed by atoms with van der Waals surface area (Å²) in [6.45, 7) is 2.11. The van der Waals surface area contributed by atoms with E-state index < -0.39 is 10.0 Å². The van der Waals surface area contributed by atoms with Crippen molar-refractivity contribution in [1.82, 2.24) is 4.31 Å². The minimum atomic E-state index is -3.58. The maximum atomic E-state index is 12.7. The highest BCUT2D eigenvalue weighted by molar-refractivity contribution is 7.89. The Hall–Kier alpha value is -1.70. The van der Waals surface area contributed by atoms with Crippen LogP contribution in [0.4, 0.5) is 5.69 Å². The Bertz CT molecular complexity index is 813. The van der Waals surface area contributed by atoms with E-state index in [2.05, 4.69) is 5.32 Å². The zero-order valence-corrected chi connectivity index (χ0v) is 13.9. The average Bonchev–Trinajstić information content (AvgIpc) is 3.08. The summed E-state index contributed by atoms with van der Waals surface area (Å²) < 4.78 is 26.7. The van der Waals surface area contributed by atoms with Crippen LogP contribution in [0.3, 0.4) is 0 Å². The molecule has 1 atom stereocenters. The van der Waals surface area contributed by atoms with E-state index in [0.717, 1.165) is 10.4 Å². The smallest absolute Gasteiger partial charge is 0.243 e. The van der Waals surface area contributed by atoms with Crippen LogP contribution in [0.15, 0.2) is 40.6 Å². The van der Waals surface area contributed by atoms with E-state index in [9.17, 15) is 13.2 Å². The first-order valence-electron chi connectivity index (χ1n) is 6.83. The van der Waals surface area contributed by atoms with Gasteiger partial charge in [0.1, 0.15) is 0 Å². The lowest BCUT2D eigenvalue weighted by atomic mass is 10.0. The summed E-state index contributed by atoms with van der Waals surface area (Å²) in [7, 11) is -2.01. The molecule has 0 spiro atoms. The van der Waals surface area contributed by atoms with Crippen molar-refractivity contribution in [1.29, 1.82) is 0 Å². The molecule has 0 bridgehead atoms. The van der Waals surface area contributed by atoms with Crippen LogP contribution in [-0.2, 0) is 21.4 Å². The molecule has 1 N–H and O–H groups in total. The van der Waals surface area contributed by atoms with Gasteiger partial charge in [-0.15, -0.1) is 11.3 Å². The summed E-state index contributed by atoms with van der Waals surface area (Å²) in [6, 6.07) is 8.59. The van der Waals surface area contributed by atoms with E-state index >= 15 is 0 Å². The number of anilines is 1. The molecule has 0 fully saturated rings. The maximum absolute atomic E-state index is 12.7. The molecular formula is C15H16N2O3S2. The van der Waals surface area contributed by atoms with Crippen LogP contribution in [0.5, 0.6) is 0 Å². The molecule has 0 radical (unpaired) electrons. The predicted octanol–water partition coefficient (Wildman–Crippen LogP) is 2.62. The fourth-order valence-corrected chi connectivity index (χ4v) is 4.47. The highest BCUT2D eigenvalue weighted by atomic mass is 32.2. The molecule has 0 aliphatic carbocycles. The van der Waals surface area contributed by atoms with Crippen LogP contribution < -0.4 is 5.32 Å². The summed E-state index contributed by atoms with van der Waals surface area (Å²) in [6.07, 6.45) is 0. The molecule has 1 aliphatic heterocycles. The van der Waals surface area contributed by atoms with Gasteiger partial charge in [-0.2, -0.15) is 4.31 Å². The topological polar surface area (TPSA) is 66.5 Å². The molecule has 2 heterocycles. The molecule has 1 aliphatic rings. The van der Waals surface area contributed by atoms with Gasteiger partial charge in [0.2, 0.25) is 15.9 Å². The molecule has 22 heavy (non-hydrogen) atoms. The van der Waals surface area contributed by atoms with Crippen LogP contribution in [0.2, 0.25) is 0 Å². The lowest BCUT2D eigenvalue weighted by Crippen LogP contribution is -2.26. The molecule has 2 aromatic rings. The fraction of sp³-hybridized carbons (Fsp3) is 0.267. The van der Waals surface area contributed by atoms with E-state index in [4.69, 9.17) is 0 Å². The SMILES string of the molecule is C[C@H]1C(=O)Nc2ccc(S(=O)(=O)N(C)Cc3cccs3)cc21. The molecule has 1 aromatic heterocycles. The third-order valence-corrected chi connectivity index (χ3v) is 6.47. The lowest BCUT2D eigenvalue weighted by molar-refractivity contribution is -0.116. The zero-order valence-electron chi connectivity index (χ0n) is 12.2. The quantitative estimate of drug-likeness (QED) is 0.933. The fourth-order valence-electron chi connectivity index (χ4n) is 2.44. The van der Waals surface area contributed by atoms with E-state index in [1.165, 1.54) is 21.7 Å². The van der Waals surface area contributed by atoms with Gasteiger partial charge in [0, 0.05) is 24.2 Å². The van der Waals surface area contributed by atoms with E-state index in [1.807, 2.05) is 17.5 Å². The summed E-state index contributed by atoms with van der Waals surface area (Å²) in [4.78, 5) is 12.9. The van der Waals surface area contributed by atoms with Gasteiger partial charge in [-0.05, 0) is 42.1 Å². The molecular weight excluding hydrogens is 320 g/mol. The largest absolute Gasteiger partial charge is 0.325 e. The second-order valence-corrected chi connectivity index (χ2v) is 8.38. The number of rotatable bonds is 4. The Kier molecular flexibility index (Phi) is 3.80. The van der Waals surface area contributed by atoms with Crippen LogP contribution in [0.1, 0.15) is 23.3 Å². The molecule has 5 nitrogen and oxygen atoms in total. The molecule has 3 rings (SSSR count). The van der Waals surface area contributed by atoms with Crippen molar-refractivity contribution in [3.8, 4) is 0 Å². The van der Waals surface area contributed by atoms with Gasteiger partial charge in [0.15, 0.2) is 0 Å². The molecule has 0 unspecified atom stereocenters. The standard InChI is InChI=1S/C15H16N2O3S2/c1-10-13-8-12(5-6-14(13)16-15(10)18)22(19,20)17(2)9-11-4-3-7-21-11/h3-8,10H,9H2,1-2H3,(H,16,18)/t10-/m1/s1. The first-order valence-corrected chi connectivity index (χ1v) is 9.15. The van der Waals surface area contributed by atoms with E-state index in [1.54, 1.807) is 26.1 Å². The zero-order chi connectivity index (χ0) is 15.9. The van der Waals surface area contributed by atoms with Crippen LogP contribution in [-0.4, -0.2) is 25.7 Å². The van der Waals surface area contributed by atoms with Crippen LogP contribution in [0.25, 0.3) is 0 Å². The van der Waals surface area contributed by atoms with Gasteiger partial charge >= 0.3 is 0 Å². The van der Waals surface area contributed by atoms with Crippen molar-refractivity contribution in [3.05, 3.63) is 46.2 Å². The number of hydrogen-bond acceptors (Lipinski definition) is 4. The van der Waals surface area contributed by atoms with Crippen molar-refractivity contribution >= 4 is 33.0 Å². The van der Waals surface area contributed by atoms with E-state index in [0.29, 0.717) is 12.2 Å². The summed E-state index contributed by atoms with van der Waals surface area (Å²) in [5, 5.41) is 4.67. The molecule has 7 heteroatoms. The number of fused-ring (bicyclic) bond motifs is 1. The van der Waals surface area contributed by atoms with Gasteiger partial charge in [0.05, 0.1) is 10.8 Å². The number of amides is 1. The Labute approximate surface area is 133 Å². The second kappa shape index (κ2) is 5.49. The average molecular weight is 336 g/mol. The summed E-state index contributed by atoms with van der Waals surface area (Å²) in [5.74, 6) is -0.427. The molecule has 1 aromatic carbocycles. The van der Waals surface area contributed by atoms with Crippen molar-refractivity contribution < 1.29 is 13.2 Å². The normalized spacial score (nSPS) is 17.6. The number of benzene rings is 1. The Morgan fingerprint density at radius 3 is 2.77 bits per heavy atom. The predicted molar refractivity (Wildman–Crippen MR) is 86.5 cm³/mol. The number of sulfonamides is 1. The Balaban J connectivity index is 1.91. The molecule has 0 saturated heterocycles. The van der Waals surface area contributed by atoms with Gasteiger partial charge in [-0.1, -0.05) is 6.07 Å². The monoisotopic (exact) mass is 336 g/mol. The minimum absolute atomic E-state index is 0.100. The van der Waals surface area contributed by atoms with Crippen molar-refractivity contribution in [2.75, 3.05) is 12.4 Å². The van der Waals surface area contributed by atoms with Gasteiger partial charge in [0.25, 0.3) is 0 Å². The highest BCUT2D eigenvalue weighted by Crippen LogP contribution is 2.34. The Morgan fingerprint density at radius 1 is 1.32 bits per heavy atom. The third kappa shape index (κ3) is 2.55. The number of nitrogens with zero attached hydrogens (tertiary/aromatic N) is 1. The lowest BCUT2D eigenvalue weighted by Gasteiger charge is -2.17. The summed E-state index contributed by atoms with van der Waals surface area (Å²) in [5.41, 5.74) is 1.42. The first-order chi connectivity index (χ1) is 10.4. The molecule has 0 saturated carbocycles. The van der Waals surface area contributed by atoms with E-state index in [-0.39, 0.29) is 16.7 Å². The highest BCUT2D eigenvalue weighted by Gasteiger charge is 2.29. The van der Waals surface area contributed by atoms with Gasteiger partial charge < -0.3 is 5.32 Å². The molecule has 1 amide bonds. The van der Waals surface area contributed by atoms with Crippen molar-refractivity contribution in [2.24, 2.45) is 0 Å². The van der Waals surface area contributed by atoms with Crippen LogP contribution in [0, 0.1) is 0 Å². The third-order valence-electron chi connectivity index (χ3n) is 3.81. The molecule has 116 valence electrons. The number of carbonyl (C=O) groups is 1. The first kappa shape index (κ1) is 15.2. The van der Waals surface area contributed by atoms with Gasteiger partial charge in [-0.25, -0.2) is 8.42 Å². The minimum Gasteiger partial charge on any atom is -0.325 e. The maximum Gasteiger partial charge on any atom is 0.243 e. The number of hydrogen-bond donors (Lipinski definition) is 1. The van der Waals surface area contributed by atoms with Crippen LogP contribution >= 0.6 is 11.3 Å². The second-order valence-electron chi connectivity index (χ2n) is 5.30. The van der Waals surface area contributed by atoms with Crippen molar-refractivity contribution in [2.45, 2.75) is 24.3 Å². The summed E-state index contributed by atoms with van der Waals surface area (Å²) >= 11 is 1.52. The number of nitrogens with one attached hydrogen (secondary N) is 1. The number of carbonyl (C=O) groups excluding carboxylic acids is 1. The van der Waals surface area contributed by atoms with Crippen molar-refractivity contribution in [3.63, 3.8) is 0 Å².